The van der Waals surface area contributed by atoms with E-state index in [-0.39, 0.29) is 6.04 Å². The van der Waals surface area contributed by atoms with E-state index in [0.717, 1.165) is 49.0 Å². The summed E-state index contributed by atoms with van der Waals surface area (Å²) < 4.78 is 0. The van der Waals surface area contributed by atoms with Gasteiger partial charge in [-0.1, -0.05) is 49.9 Å². The highest BCUT2D eigenvalue weighted by Crippen LogP contribution is 2.34. The molecule has 1 aliphatic heterocycles. The molecular weight excluding hydrogens is 382 g/mol. The average molecular weight is 410 g/mol. The molecule has 1 fully saturated rings. The molecule has 0 aromatic heterocycles. The van der Waals surface area contributed by atoms with Gasteiger partial charge in [-0.2, -0.15) is 0 Å². The number of hydrogen-bond donors (Lipinski definition) is 1. The second-order valence-corrected chi connectivity index (χ2v) is 7.82. The lowest BCUT2D eigenvalue weighted by Gasteiger charge is -2.43. The second-order valence-electron chi connectivity index (χ2n) is 7.38. The summed E-state index contributed by atoms with van der Waals surface area (Å²) in [5.41, 5.74) is 1.10. The molecule has 8 heteroatoms. The molecule has 0 radical (unpaired) electrons. The Morgan fingerprint density at radius 3 is 2.57 bits per heavy atom. The summed E-state index contributed by atoms with van der Waals surface area (Å²) in [5, 5.41) is 5.97. The van der Waals surface area contributed by atoms with Gasteiger partial charge in [-0.25, -0.2) is 4.79 Å². The van der Waals surface area contributed by atoms with Gasteiger partial charge < -0.3 is 5.32 Å². The lowest BCUT2D eigenvalue weighted by molar-refractivity contribution is -0.156. The summed E-state index contributed by atoms with van der Waals surface area (Å²) >= 11 is 6.02. The van der Waals surface area contributed by atoms with Crippen LogP contribution >= 0.6 is 11.6 Å². The number of amides is 4. The summed E-state index contributed by atoms with van der Waals surface area (Å²) in [7, 11) is 0. The summed E-state index contributed by atoms with van der Waals surface area (Å²) in [6.07, 6.45) is 9.83. The van der Waals surface area contributed by atoms with E-state index in [0.29, 0.717) is 17.9 Å². The van der Waals surface area contributed by atoms with Gasteiger partial charge in [-0.05, 0) is 44.6 Å². The fraction of sp³-hybridized carbons (Fsp3) is 0.650. The highest BCUT2D eigenvalue weighted by Gasteiger charge is 2.54. The molecule has 0 bridgehead atoms. The number of nitroso groups, excluding NO2 is 1. The number of nitrogens with zero attached hydrogens (tertiary/aromatic N) is 2. The first-order valence-corrected chi connectivity index (χ1v) is 10.4. The molecule has 1 unspecified atom stereocenters. The zero-order chi connectivity index (χ0) is 20.7. The number of likely N-dealkylation sites (tertiary alicyclic amines) is 1. The van der Waals surface area contributed by atoms with E-state index in [1.54, 1.807) is 0 Å². The van der Waals surface area contributed by atoms with Crippen molar-refractivity contribution in [3.8, 4) is 0 Å². The van der Waals surface area contributed by atoms with E-state index in [2.05, 4.69) is 10.5 Å². The highest BCUT2D eigenvalue weighted by atomic mass is 35.5. The van der Waals surface area contributed by atoms with Crippen LogP contribution < -0.4 is 5.32 Å². The van der Waals surface area contributed by atoms with Gasteiger partial charge in [0.15, 0.2) is 0 Å². The van der Waals surface area contributed by atoms with E-state index in [9.17, 15) is 19.3 Å². The van der Waals surface area contributed by atoms with Crippen molar-refractivity contribution < 1.29 is 14.4 Å². The fourth-order valence-corrected chi connectivity index (χ4v) is 4.15. The molecule has 0 saturated carbocycles. The Morgan fingerprint density at radius 1 is 1.32 bits per heavy atom. The first-order valence-electron chi connectivity index (χ1n) is 9.98. The number of rotatable bonds is 9. The summed E-state index contributed by atoms with van der Waals surface area (Å²) in [5.74, 6) is -2.10. The van der Waals surface area contributed by atoms with Crippen LogP contribution in [0.15, 0.2) is 27.9 Å². The van der Waals surface area contributed by atoms with Crippen molar-refractivity contribution in [1.82, 2.24) is 10.2 Å². The number of urea groups is 1. The Labute approximate surface area is 170 Å². The van der Waals surface area contributed by atoms with Crippen molar-refractivity contribution in [1.29, 1.82) is 0 Å². The minimum atomic E-state index is -1.11. The molecule has 2 atom stereocenters. The average Bonchev–Trinajstić information content (AvgIpc) is 2.65. The minimum Gasteiger partial charge on any atom is -0.335 e. The van der Waals surface area contributed by atoms with Crippen LogP contribution in [0.4, 0.5) is 4.79 Å². The van der Waals surface area contributed by atoms with Gasteiger partial charge in [0.1, 0.15) is 6.04 Å². The Bertz CT molecular complexity index is 683. The van der Waals surface area contributed by atoms with Gasteiger partial charge >= 0.3 is 11.9 Å². The quantitative estimate of drug-likeness (QED) is 0.450. The van der Waals surface area contributed by atoms with Crippen molar-refractivity contribution in [3.63, 3.8) is 0 Å². The fourth-order valence-electron chi connectivity index (χ4n) is 3.88. The second kappa shape index (κ2) is 10.5. The zero-order valence-electron chi connectivity index (χ0n) is 16.4. The Morgan fingerprint density at radius 2 is 2.00 bits per heavy atom. The molecule has 1 heterocycles. The van der Waals surface area contributed by atoms with E-state index >= 15 is 0 Å². The lowest BCUT2D eigenvalue weighted by atomic mass is 9.81. The van der Waals surface area contributed by atoms with Crippen LogP contribution in [-0.4, -0.2) is 34.8 Å². The molecule has 7 nitrogen and oxygen atoms in total. The topological polar surface area (TPSA) is 95.9 Å². The van der Waals surface area contributed by atoms with Gasteiger partial charge in [0.2, 0.25) is 5.91 Å². The molecule has 154 valence electrons. The molecule has 2 aliphatic rings. The first-order chi connectivity index (χ1) is 13.4. The molecule has 0 aromatic rings. The van der Waals surface area contributed by atoms with Gasteiger partial charge in [0.25, 0.3) is 0 Å². The molecule has 2 rings (SSSR count). The largest absolute Gasteiger partial charge is 0.335 e. The number of carbonyl (C=O) groups is 3. The number of β-lactam (4-membered cyclic amide) rings is 1. The van der Waals surface area contributed by atoms with Crippen molar-refractivity contribution in [2.45, 2.75) is 77.3 Å². The Hall–Kier alpha value is -2.02. The van der Waals surface area contributed by atoms with Gasteiger partial charge in [0.05, 0.1) is 5.92 Å². The number of hydrogen-bond acceptors (Lipinski definition) is 4. The van der Waals surface area contributed by atoms with Crippen LogP contribution in [0.2, 0.25) is 0 Å². The predicted octanol–water partition coefficient (Wildman–Crippen LogP) is 4.41. The maximum Gasteiger partial charge on any atom is 0.325 e. The minimum absolute atomic E-state index is 0.0596. The Kier molecular flexibility index (Phi) is 8.35. The molecule has 1 N–H and O–H groups in total. The van der Waals surface area contributed by atoms with E-state index in [1.165, 1.54) is 0 Å². The molecule has 1 aliphatic carbocycles. The monoisotopic (exact) mass is 409 g/mol. The number of carbonyl (C=O) groups excluding carboxylic acids is 3. The third-order valence-corrected chi connectivity index (χ3v) is 5.56. The van der Waals surface area contributed by atoms with Crippen molar-refractivity contribution in [2.75, 3.05) is 0 Å². The maximum absolute atomic E-state index is 12.6. The molecule has 0 spiro atoms. The van der Waals surface area contributed by atoms with Crippen LogP contribution in [0.5, 0.6) is 0 Å². The normalized spacial score (nSPS) is 21.7. The molecule has 0 aromatic carbocycles. The van der Waals surface area contributed by atoms with Crippen molar-refractivity contribution in [3.05, 3.63) is 27.7 Å². The standard InChI is InChI=1S/C20H28ClN3O4/c1-3-6-15(7-4-2)22-20(27)24-17(18(25)23-28)16(19(24)26)11-10-13-8-5-9-14(21)12-13/h9,12,15-17H,3-8,10-11H2,1-2H3,(H,22,27)/t16-,17?/m1/s1. The smallest absolute Gasteiger partial charge is 0.325 e. The third-order valence-electron chi connectivity index (χ3n) is 5.30. The van der Waals surface area contributed by atoms with Gasteiger partial charge in [-0.3, -0.25) is 14.5 Å². The summed E-state index contributed by atoms with van der Waals surface area (Å²) in [4.78, 5) is 48.9. The van der Waals surface area contributed by atoms with Crippen molar-refractivity contribution in [2.24, 2.45) is 11.1 Å². The zero-order valence-corrected chi connectivity index (χ0v) is 17.2. The molecular formula is C20H28ClN3O4. The first kappa shape index (κ1) is 22.3. The Balaban J connectivity index is 2.04. The van der Waals surface area contributed by atoms with Crippen LogP contribution in [0.25, 0.3) is 0 Å². The number of halogens is 1. The van der Waals surface area contributed by atoms with Crippen LogP contribution in [0.1, 0.15) is 65.2 Å². The van der Waals surface area contributed by atoms with E-state index in [4.69, 9.17) is 11.6 Å². The van der Waals surface area contributed by atoms with Crippen LogP contribution in [-0.2, 0) is 9.59 Å². The van der Waals surface area contributed by atoms with Gasteiger partial charge in [-0.15, -0.1) is 4.91 Å². The number of imide groups is 1. The molecule has 4 amide bonds. The van der Waals surface area contributed by atoms with Crippen LogP contribution in [0, 0.1) is 10.8 Å². The molecule has 28 heavy (non-hydrogen) atoms. The van der Waals surface area contributed by atoms with Gasteiger partial charge in [0, 0.05) is 16.3 Å². The van der Waals surface area contributed by atoms with Crippen LogP contribution in [0.3, 0.4) is 0 Å². The van der Waals surface area contributed by atoms with Crippen molar-refractivity contribution >= 4 is 29.4 Å². The predicted molar refractivity (Wildman–Crippen MR) is 108 cm³/mol. The molecule has 1 saturated heterocycles. The lowest BCUT2D eigenvalue weighted by Crippen LogP contribution is -2.68. The maximum atomic E-state index is 12.6. The van der Waals surface area contributed by atoms with E-state index in [1.807, 2.05) is 26.0 Å². The summed E-state index contributed by atoms with van der Waals surface area (Å²) in [6, 6.07) is -1.78. The third kappa shape index (κ3) is 5.28. The highest BCUT2D eigenvalue weighted by molar-refractivity contribution is 6.31. The van der Waals surface area contributed by atoms with E-state index < -0.39 is 29.8 Å². The summed E-state index contributed by atoms with van der Waals surface area (Å²) in [6.45, 7) is 4.04. The SMILES string of the molecule is CCCC(CCC)NC(=O)N1C(=O)[C@H](CCC2=CC(Cl)=CCC2)C1C(=O)N=O. The number of allylic oxidation sites excluding steroid dienone is 4. The number of nitrogens with one attached hydrogen (secondary N) is 1.